The van der Waals surface area contributed by atoms with E-state index in [9.17, 15) is 19.2 Å². The van der Waals surface area contributed by atoms with Crippen LogP contribution in [0.4, 0.5) is 9.59 Å². The van der Waals surface area contributed by atoms with Gasteiger partial charge in [-0.15, -0.1) is 0 Å². The Labute approximate surface area is 372 Å². The molecule has 0 unspecified atom stereocenters. The van der Waals surface area contributed by atoms with Crippen LogP contribution in [-0.2, 0) is 30.4 Å². The van der Waals surface area contributed by atoms with Gasteiger partial charge in [-0.2, -0.15) is 0 Å². The standard InChI is InChI=1S/C48H58N8O8/c1-7-31-11-15-38(56(31)46(58)41(54-48(60)62-6)27-16-18-63-19-17-27)44-50-35-13-10-28-21-34-32-12-9-29(20-30(32)24-64-39(34)22-33(28)42(35)52-44)36-23-49-43(51-36)37-14-8-26(4)55(37)45(57)40(25(2)3)53-47(59)61-5/h9-10,12-13,20-23,25-27,31,37-38,40-41H,7-8,11,14-19,24H2,1-6H3,(H,49,51)(H,50,52)(H,53,59)(H,54,60)/t26-,31-,37-,38-,40-,41-/m0/s1. The van der Waals surface area contributed by atoms with Gasteiger partial charge in [0.2, 0.25) is 11.8 Å². The monoisotopic (exact) mass is 874 g/mol. The number of fused-ring (bicyclic) bond motifs is 6. The topological polar surface area (TPSA) is 193 Å². The number of benzene rings is 3. The van der Waals surface area contributed by atoms with Crippen molar-refractivity contribution in [2.45, 2.75) is 115 Å². The lowest BCUT2D eigenvalue weighted by Crippen LogP contribution is -2.54. The Morgan fingerprint density at radius 3 is 2.34 bits per heavy atom. The van der Waals surface area contributed by atoms with Gasteiger partial charge in [-0.05, 0) is 110 Å². The Morgan fingerprint density at radius 1 is 0.844 bits per heavy atom. The molecule has 64 heavy (non-hydrogen) atoms. The average Bonchev–Trinajstić information content (AvgIpc) is 4.14. The van der Waals surface area contributed by atoms with Crippen LogP contribution < -0.4 is 15.4 Å². The van der Waals surface area contributed by atoms with Gasteiger partial charge in [0.15, 0.2) is 0 Å². The molecule has 4 amide bonds. The first-order chi connectivity index (χ1) is 31.0. The van der Waals surface area contributed by atoms with E-state index in [4.69, 9.17) is 28.9 Å². The van der Waals surface area contributed by atoms with Crippen LogP contribution in [-0.4, -0.2) is 105 Å². The van der Waals surface area contributed by atoms with Crippen LogP contribution in [0.2, 0.25) is 0 Å². The van der Waals surface area contributed by atoms with Crippen molar-refractivity contribution < 1.29 is 38.1 Å². The van der Waals surface area contributed by atoms with E-state index >= 15 is 0 Å². The molecule has 6 heterocycles. The zero-order valence-corrected chi connectivity index (χ0v) is 37.4. The number of alkyl carbamates (subject to hydrolysis) is 2. The highest BCUT2D eigenvalue weighted by atomic mass is 16.5. The number of aromatic amines is 2. The summed E-state index contributed by atoms with van der Waals surface area (Å²) in [5, 5.41) is 7.57. The number of hydrogen-bond donors (Lipinski definition) is 4. The normalized spacial score (nSPS) is 21.9. The number of carbonyl (C=O) groups excluding carboxylic acids is 4. The Morgan fingerprint density at radius 2 is 1.59 bits per heavy atom. The van der Waals surface area contributed by atoms with Crippen LogP contribution in [0.15, 0.2) is 48.7 Å². The number of aromatic nitrogens is 4. The van der Waals surface area contributed by atoms with Crippen molar-refractivity contribution in [3.8, 4) is 28.1 Å². The Balaban J connectivity index is 0.971. The summed E-state index contributed by atoms with van der Waals surface area (Å²) in [6, 6.07) is 12.7. The maximum absolute atomic E-state index is 14.5. The molecule has 4 aliphatic heterocycles. The number of nitrogens with one attached hydrogen (secondary N) is 4. The van der Waals surface area contributed by atoms with Gasteiger partial charge in [-0.25, -0.2) is 19.6 Å². The predicted molar refractivity (Wildman–Crippen MR) is 239 cm³/mol. The van der Waals surface area contributed by atoms with E-state index in [1.54, 1.807) is 0 Å². The molecule has 0 bridgehead atoms. The minimum absolute atomic E-state index is 0.0126. The number of H-pyrrole nitrogens is 2. The van der Waals surface area contributed by atoms with Gasteiger partial charge >= 0.3 is 12.2 Å². The van der Waals surface area contributed by atoms with E-state index < -0.39 is 24.3 Å². The molecule has 5 aromatic rings. The lowest BCUT2D eigenvalue weighted by Gasteiger charge is -2.36. The number of ether oxygens (including phenoxy) is 4. The molecule has 16 heteroatoms. The minimum Gasteiger partial charge on any atom is -0.488 e. The second kappa shape index (κ2) is 17.8. The molecule has 3 fully saturated rings. The fraction of sp³-hybridized carbons (Fsp3) is 0.500. The van der Waals surface area contributed by atoms with Crippen molar-refractivity contribution in [3.05, 3.63) is 65.9 Å². The quantitative estimate of drug-likeness (QED) is 0.108. The Bertz CT molecular complexity index is 2580. The van der Waals surface area contributed by atoms with Gasteiger partial charge < -0.3 is 49.3 Å². The van der Waals surface area contributed by atoms with Crippen LogP contribution in [0, 0.1) is 11.8 Å². The van der Waals surface area contributed by atoms with E-state index in [0.29, 0.717) is 38.5 Å². The molecule has 16 nitrogen and oxygen atoms in total. The maximum atomic E-state index is 14.5. The molecule has 3 aromatic carbocycles. The summed E-state index contributed by atoms with van der Waals surface area (Å²) in [7, 11) is 2.61. The molecule has 0 spiro atoms. The third kappa shape index (κ3) is 7.90. The van der Waals surface area contributed by atoms with E-state index in [0.717, 1.165) is 93.4 Å². The van der Waals surface area contributed by atoms with Gasteiger partial charge in [0, 0.05) is 36.2 Å². The summed E-state index contributed by atoms with van der Waals surface area (Å²) in [5.74, 6) is 1.76. The van der Waals surface area contributed by atoms with E-state index in [-0.39, 0.29) is 47.8 Å². The molecule has 338 valence electrons. The minimum atomic E-state index is -0.721. The summed E-state index contributed by atoms with van der Waals surface area (Å²) in [6.45, 7) is 9.41. The van der Waals surface area contributed by atoms with Crippen molar-refractivity contribution in [2.24, 2.45) is 11.8 Å². The average molecular weight is 875 g/mol. The zero-order chi connectivity index (χ0) is 44.8. The van der Waals surface area contributed by atoms with Gasteiger partial charge in [0.25, 0.3) is 0 Å². The first-order valence-electron chi connectivity index (χ1n) is 22.7. The fourth-order valence-electron chi connectivity index (χ4n) is 10.4. The summed E-state index contributed by atoms with van der Waals surface area (Å²) >= 11 is 0. The molecular formula is C48H58N8O8. The molecule has 0 saturated carbocycles. The Hall–Kier alpha value is -6.16. The number of imidazole rings is 2. The third-order valence-electron chi connectivity index (χ3n) is 13.9. The fourth-order valence-corrected chi connectivity index (χ4v) is 10.4. The lowest BCUT2D eigenvalue weighted by molar-refractivity contribution is -0.139. The van der Waals surface area contributed by atoms with Crippen LogP contribution >= 0.6 is 0 Å². The molecule has 0 aliphatic carbocycles. The summed E-state index contributed by atoms with van der Waals surface area (Å²) in [5.41, 5.74) is 6.60. The molecule has 2 aromatic heterocycles. The number of likely N-dealkylation sites (tertiary alicyclic amines) is 2. The van der Waals surface area contributed by atoms with E-state index in [1.165, 1.54) is 14.2 Å². The second-order valence-electron chi connectivity index (χ2n) is 18.0. The van der Waals surface area contributed by atoms with Crippen LogP contribution in [0.3, 0.4) is 0 Å². The Kier molecular flexibility index (Phi) is 12.0. The predicted octanol–water partition coefficient (Wildman–Crippen LogP) is 7.69. The van der Waals surface area contributed by atoms with Crippen LogP contribution in [0.1, 0.15) is 102 Å². The number of nitrogens with zero attached hydrogens (tertiary/aromatic N) is 4. The SMILES string of the molecule is CC[C@H]1CC[C@@H](c2nc3c(ccc4cc5c(cc43)OCc3cc(-c4cnc([C@@H]6CC[C@H](C)N6C(=O)[C@@H](NC(=O)OC)C(C)C)[nH]4)ccc3-5)[nH]2)N1C(=O)[C@@H](NC(=O)OC)C1CCOCC1. The van der Waals surface area contributed by atoms with Crippen LogP contribution in [0.25, 0.3) is 44.2 Å². The van der Waals surface area contributed by atoms with Crippen LogP contribution in [0.5, 0.6) is 5.75 Å². The summed E-state index contributed by atoms with van der Waals surface area (Å²) < 4.78 is 21.8. The smallest absolute Gasteiger partial charge is 0.407 e. The van der Waals surface area contributed by atoms with Gasteiger partial charge in [-0.3, -0.25) is 9.59 Å². The zero-order valence-electron chi connectivity index (χ0n) is 37.4. The van der Waals surface area contributed by atoms with Crippen molar-refractivity contribution in [3.63, 3.8) is 0 Å². The summed E-state index contributed by atoms with van der Waals surface area (Å²) in [6.07, 6.45) is 5.88. The van der Waals surface area contributed by atoms with Crippen molar-refractivity contribution >= 4 is 45.8 Å². The second-order valence-corrected chi connectivity index (χ2v) is 18.0. The molecule has 6 atom stereocenters. The number of hydrogen-bond acceptors (Lipinski definition) is 10. The highest BCUT2D eigenvalue weighted by Crippen LogP contribution is 2.44. The number of amides is 4. The molecule has 4 aliphatic rings. The lowest BCUT2D eigenvalue weighted by atomic mass is 9.90. The van der Waals surface area contributed by atoms with Crippen molar-refractivity contribution in [1.82, 2.24) is 40.4 Å². The number of rotatable bonds is 10. The maximum Gasteiger partial charge on any atom is 0.407 e. The van der Waals surface area contributed by atoms with E-state index in [2.05, 4.69) is 63.9 Å². The number of methoxy groups -OCH3 is 2. The molecular weight excluding hydrogens is 817 g/mol. The molecule has 3 saturated heterocycles. The first-order valence-corrected chi connectivity index (χ1v) is 22.7. The van der Waals surface area contributed by atoms with Crippen molar-refractivity contribution in [1.29, 1.82) is 0 Å². The highest BCUT2D eigenvalue weighted by Gasteiger charge is 2.45. The number of carbonyl (C=O) groups is 4. The highest BCUT2D eigenvalue weighted by molar-refractivity contribution is 6.07. The van der Waals surface area contributed by atoms with Gasteiger partial charge in [-0.1, -0.05) is 39.0 Å². The largest absolute Gasteiger partial charge is 0.488 e. The van der Waals surface area contributed by atoms with E-state index in [1.807, 2.05) is 42.8 Å². The van der Waals surface area contributed by atoms with Crippen molar-refractivity contribution in [2.75, 3.05) is 27.4 Å². The molecule has 4 N–H and O–H groups in total. The van der Waals surface area contributed by atoms with Gasteiger partial charge in [0.05, 0.1) is 49.2 Å². The molecule has 0 radical (unpaired) electrons. The third-order valence-corrected chi connectivity index (χ3v) is 13.9. The summed E-state index contributed by atoms with van der Waals surface area (Å²) in [4.78, 5) is 73.9. The first kappa shape index (κ1) is 43.1. The molecule has 9 rings (SSSR count). The van der Waals surface area contributed by atoms with Gasteiger partial charge in [0.1, 0.15) is 36.1 Å².